The van der Waals surface area contributed by atoms with Crippen LogP contribution in [0.4, 0.5) is 0 Å². The molecular formula is C26H27NO8. The van der Waals surface area contributed by atoms with Crippen molar-refractivity contribution in [2.75, 3.05) is 19.8 Å². The van der Waals surface area contributed by atoms with Crippen molar-refractivity contribution in [2.24, 2.45) is 0 Å². The Balaban J connectivity index is 1.60. The van der Waals surface area contributed by atoms with E-state index in [9.17, 15) is 34.8 Å². The summed E-state index contributed by atoms with van der Waals surface area (Å²) in [5.74, 6) is -3.10. The number of aliphatic hydroxyl groups is 2. The summed E-state index contributed by atoms with van der Waals surface area (Å²) in [5.41, 5.74) is -3.08. The number of Topliss-reactive ketones (excluding diaryl/α,β-unsaturated/α-hetero) is 1. The van der Waals surface area contributed by atoms with E-state index in [1.807, 2.05) is 0 Å². The number of phenols is 2. The molecule has 3 aliphatic rings. The zero-order valence-corrected chi connectivity index (χ0v) is 19.3. The molecule has 9 nitrogen and oxygen atoms in total. The normalized spacial score (nSPS) is 23.9. The largest absolute Gasteiger partial charge is 0.507 e. The quantitative estimate of drug-likeness (QED) is 0.411. The number of phenolic OH excluding ortho intramolecular Hbond substituents is 2. The number of aliphatic hydroxyl groups excluding tert-OH is 1. The van der Waals surface area contributed by atoms with Gasteiger partial charge in [0.2, 0.25) is 5.78 Å². The summed E-state index contributed by atoms with van der Waals surface area (Å²) in [6, 6.07) is 4.60. The average molecular weight is 482 g/mol. The van der Waals surface area contributed by atoms with Gasteiger partial charge in [-0.2, -0.15) is 0 Å². The second-order valence-corrected chi connectivity index (χ2v) is 9.61. The maximum Gasteiger partial charge on any atom is 0.202 e. The topological polar surface area (TPSA) is 145 Å². The number of rotatable bonds is 4. The van der Waals surface area contributed by atoms with Gasteiger partial charge in [0.05, 0.1) is 22.8 Å². The van der Waals surface area contributed by atoms with Crippen LogP contribution in [0.5, 0.6) is 17.2 Å². The molecule has 2 unspecified atom stereocenters. The van der Waals surface area contributed by atoms with Crippen molar-refractivity contribution in [1.82, 2.24) is 4.90 Å². The minimum Gasteiger partial charge on any atom is -0.507 e. The molecule has 0 aromatic heterocycles. The lowest BCUT2D eigenvalue weighted by Gasteiger charge is -2.36. The summed E-state index contributed by atoms with van der Waals surface area (Å²) < 4.78 is 5.92. The molecule has 1 aliphatic heterocycles. The summed E-state index contributed by atoms with van der Waals surface area (Å²) in [5, 5.41) is 43.5. The lowest BCUT2D eigenvalue weighted by atomic mass is 9.72. The fourth-order valence-corrected chi connectivity index (χ4v) is 5.41. The van der Waals surface area contributed by atoms with Crippen LogP contribution in [0, 0.1) is 0 Å². The molecule has 9 heteroatoms. The average Bonchev–Trinajstić information content (AvgIpc) is 2.83. The summed E-state index contributed by atoms with van der Waals surface area (Å²) in [6.07, 6.45) is 0.919. The maximum absolute atomic E-state index is 13.6. The van der Waals surface area contributed by atoms with Crippen molar-refractivity contribution < 1.29 is 39.5 Å². The van der Waals surface area contributed by atoms with Crippen molar-refractivity contribution in [3.05, 3.63) is 51.6 Å². The van der Waals surface area contributed by atoms with Crippen LogP contribution in [0.1, 0.15) is 81.7 Å². The van der Waals surface area contributed by atoms with E-state index < -0.39 is 64.5 Å². The predicted octanol–water partition coefficient (Wildman–Crippen LogP) is 2.00. The Morgan fingerprint density at radius 2 is 1.74 bits per heavy atom. The Morgan fingerprint density at radius 3 is 2.43 bits per heavy atom. The van der Waals surface area contributed by atoms with E-state index in [0.29, 0.717) is 0 Å². The summed E-state index contributed by atoms with van der Waals surface area (Å²) >= 11 is 0. The minimum absolute atomic E-state index is 0.0119. The van der Waals surface area contributed by atoms with Crippen LogP contribution in [-0.4, -0.2) is 68.1 Å². The van der Waals surface area contributed by atoms with Crippen LogP contribution < -0.4 is 4.74 Å². The van der Waals surface area contributed by atoms with Gasteiger partial charge in [0.15, 0.2) is 11.6 Å². The fourth-order valence-electron chi connectivity index (χ4n) is 5.41. The molecular weight excluding hydrogens is 454 g/mol. The molecule has 5 rings (SSSR count). The van der Waals surface area contributed by atoms with Crippen molar-refractivity contribution in [3.63, 3.8) is 0 Å². The SMILES string of the molecule is CC(=O)C1(O)Cc2c(O)c3c(c(O)c2C(O)C1)C(=O)c1c(OCN2CCCCC2)cccc1C3=O. The number of carbonyl (C=O) groups is 3. The van der Waals surface area contributed by atoms with Crippen molar-refractivity contribution in [2.45, 2.75) is 50.7 Å². The summed E-state index contributed by atoms with van der Waals surface area (Å²) in [4.78, 5) is 41.2. The number of ketones is 3. The predicted molar refractivity (Wildman–Crippen MR) is 123 cm³/mol. The molecule has 0 radical (unpaired) electrons. The maximum atomic E-state index is 13.6. The Kier molecular flexibility index (Phi) is 5.66. The van der Waals surface area contributed by atoms with Gasteiger partial charge >= 0.3 is 0 Å². The number of hydrogen-bond donors (Lipinski definition) is 4. The van der Waals surface area contributed by atoms with E-state index in [1.54, 1.807) is 12.1 Å². The monoisotopic (exact) mass is 481 g/mol. The first kappa shape index (κ1) is 23.5. The second kappa shape index (κ2) is 8.44. The molecule has 0 bridgehead atoms. The van der Waals surface area contributed by atoms with E-state index in [2.05, 4.69) is 4.90 Å². The van der Waals surface area contributed by atoms with Crippen LogP contribution >= 0.6 is 0 Å². The van der Waals surface area contributed by atoms with Gasteiger partial charge in [-0.3, -0.25) is 19.3 Å². The molecule has 1 heterocycles. The number of likely N-dealkylation sites (tertiary alicyclic amines) is 1. The smallest absolute Gasteiger partial charge is 0.202 e. The highest BCUT2D eigenvalue weighted by Gasteiger charge is 2.47. The standard InChI is InChI=1S/C26H27NO8/c1-13(28)26(34)10-15-18(16(29)11-26)24(32)21-20(23(15)31)22(30)14-6-5-7-17(19(14)25(21)33)35-12-27-8-3-2-4-9-27/h5-7,16,29,31-32,34H,2-4,8-12H2,1H3. The zero-order chi connectivity index (χ0) is 25.1. The van der Waals surface area contributed by atoms with Crippen LogP contribution in [0.3, 0.4) is 0 Å². The van der Waals surface area contributed by atoms with Crippen molar-refractivity contribution >= 4 is 17.3 Å². The van der Waals surface area contributed by atoms with Crippen LogP contribution in [-0.2, 0) is 11.2 Å². The fraction of sp³-hybridized carbons (Fsp3) is 0.423. The molecule has 0 saturated carbocycles. The number of carbonyl (C=O) groups excluding carboxylic acids is 3. The molecule has 2 atom stereocenters. The number of aromatic hydroxyl groups is 2. The lowest BCUT2D eigenvalue weighted by Crippen LogP contribution is -2.44. The third-order valence-corrected chi connectivity index (χ3v) is 7.38. The van der Waals surface area contributed by atoms with Crippen molar-refractivity contribution in [3.8, 4) is 17.2 Å². The van der Waals surface area contributed by atoms with Gasteiger partial charge in [-0.25, -0.2) is 0 Å². The number of ether oxygens (including phenoxy) is 1. The molecule has 4 N–H and O–H groups in total. The Hall–Kier alpha value is -3.27. The molecule has 1 saturated heterocycles. The molecule has 1 fully saturated rings. The van der Waals surface area contributed by atoms with E-state index in [1.165, 1.54) is 6.07 Å². The Labute approximate surface area is 201 Å². The third-order valence-electron chi connectivity index (χ3n) is 7.38. The van der Waals surface area contributed by atoms with E-state index in [-0.39, 0.29) is 34.7 Å². The summed E-state index contributed by atoms with van der Waals surface area (Å²) in [7, 11) is 0. The van der Waals surface area contributed by atoms with Crippen molar-refractivity contribution in [1.29, 1.82) is 0 Å². The number of nitrogens with zero attached hydrogens (tertiary/aromatic N) is 1. The van der Waals surface area contributed by atoms with E-state index >= 15 is 0 Å². The number of benzene rings is 2. The first-order chi connectivity index (χ1) is 16.6. The number of hydrogen-bond acceptors (Lipinski definition) is 9. The van der Waals surface area contributed by atoms with Gasteiger partial charge in [0, 0.05) is 42.6 Å². The molecule has 0 spiro atoms. The van der Waals surface area contributed by atoms with Gasteiger partial charge in [-0.05, 0) is 25.8 Å². The highest BCUT2D eigenvalue weighted by atomic mass is 16.5. The molecule has 2 aliphatic carbocycles. The Bertz CT molecular complexity index is 1260. The zero-order valence-electron chi connectivity index (χ0n) is 19.3. The minimum atomic E-state index is -1.97. The molecule has 0 amide bonds. The summed E-state index contributed by atoms with van der Waals surface area (Å²) in [6.45, 7) is 3.14. The van der Waals surface area contributed by atoms with Crippen LogP contribution in [0.25, 0.3) is 0 Å². The van der Waals surface area contributed by atoms with Gasteiger partial charge in [-0.1, -0.05) is 18.6 Å². The highest BCUT2D eigenvalue weighted by molar-refractivity contribution is 6.31. The molecule has 2 aromatic carbocycles. The molecule has 35 heavy (non-hydrogen) atoms. The van der Waals surface area contributed by atoms with Gasteiger partial charge in [-0.15, -0.1) is 0 Å². The van der Waals surface area contributed by atoms with Gasteiger partial charge in [0.25, 0.3) is 0 Å². The number of piperidine rings is 1. The Morgan fingerprint density at radius 1 is 1.06 bits per heavy atom. The van der Waals surface area contributed by atoms with Gasteiger partial charge < -0.3 is 25.2 Å². The first-order valence-corrected chi connectivity index (χ1v) is 11.7. The molecule has 184 valence electrons. The highest BCUT2D eigenvalue weighted by Crippen LogP contribution is 2.51. The van der Waals surface area contributed by atoms with E-state index in [0.717, 1.165) is 39.3 Å². The number of fused-ring (bicyclic) bond motifs is 3. The second-order valence-electron chi connectivity index (χ2n) is 9.61. The van der Waals surface area contributed by atoms with Gasteiger partial charge in [0.1, 0.15) is 29.6 Å². The third kappa shape index (κ3) is 3.62. The molecule has 2 aromatic rings. The first-order valence-electron chi connectivity index (χ1n) is 11.7. The van der Waals surface area contributed by atoms with E-state index in [4.69, 9.17) is 4.74 Å². The lowest BCUT2D eigenvalue weighted by molar-refractivity contribution is -0.139. The van der Waals surface area contributed by atoms with Crippen LogP contribution in [0.2, 0.25) is 0 Å². The van der Waals surface area contributed by atoms with Crippen LogP contribution in [0.15, 0.2) is 18.2 Å².